The highest BCUT2D eigenvalue weighted by Crippen LogP contribution is 2.24. The van der Waals surface area contributed by atoms with Crippen LogP contribution in [0.2, 0.25) is 0 Å². The van der Waals surface area contributed by atoms with Crippen molar-refractivity contribution >= 4 is 15.7 Å². The monoisotopic (exact) mass is 398 g/mol. The molecule has 0 spiro atoms. The number of likely N-dealkylation sites (tertiary alicyclic amines) is 1. The molecule has 0 radical (unpaired) electrons. The fraction of sp³-hybridized carbons (Fsp3) is 0.300. The van der Waals surface area contributed by atoms with E-state index in [1.807, 2.05) is 53.4 Å². The van der Waals surface area contributed by atoms with Crippen LogP contribution >= 0.6 is 0 Å². The lowest BCUT2D eigenvalue weighted by molar-refractivity contribution is 0.0725. The summed E-state index contributed by atoms with van der Waals surface area (Å²) in [5.74, 6) is -0.0631. The van der Waals surface area contributed by atoms with E-state index in [9.17, 15) is 13.2 Å². The van der Waals surface area contributed by atoms with Crippen molar-refractivity contribution in [3.8, 4) is 5.69 Å². The second-order valence-corrected chi connectivity index (χ2v) is 9.12. The molecule has 8 heteroatoms. The first-order chi connectivity index (χ1) is 13.5. The molecule has 3 aromatic rings. The highest BCUT2D eigenvalue weighted by Gasteiger charge is 2.35. The van der Waals surface area contributed by atoms with Crippen molar-refractivity contribution in [2.75, 3.05) is 13.1 Å². The maximum absolute atomic E-state index is 12.8. The third-order valence-corrected chi connectivity index (χ3v) is 7.47. The number of hydrogen-bond acceptors (Lipinski definition) is 4. The van der Waals surface area contributed by atoms with E-state index in [-0.39, 0.29) is 11.1 Å². The summed E-state index contributed by atoms with van der Waals surface area (Å²) in [4.78, 5) is 18.5. The molecule has 1 amide bonds. The van der Waals surface area contributed by atoms with Crippen LogP contribution in [0.1, 0.15) is 23.2 Å². The van der Waals surface area contributed by atoms with Crippen LogP contribution in [0, 0.1) is 0 Å². The second kappa shape index (κ2) is 7.27. The van der Waals surface area contributed by atoms with Crippen LogP contribution in [0.5, 0.6) is 0 Å². The van der Waals surface area contributed by atoms with E-state index in [0.29, 0.717) is 31.5 Å². The summed E-state index contributed by atoms with van der Waals surface area (Å²) in [5.41, 5.74) is 1.60. The van der Waals surface area contributed by atoms with E-state index < -0.39 is 15.1 Å². The molecule has 7 nitrogen and oxygen atoms in total. The van der Waals surface area contributed by atoms with Gasteiger partial charge in [0.15, 0.2) is 0 Å². The number of rotatable bonds is 4. The van der Waals surface area contributed by atoms with Gasteiger partial charge in [-0.25, -0.2) is 13.4 Å². The van der Waals surface area contributed by atoms with Crippen LogP contribution < -0.4 is 0 Å². The summed E-state index contributed by atoms with van der Waals surface area (Å²) in [5, 5.41) is -0.411. The van der Waals surface area contributed by atoms with Crippen LogP contribution in [0.4, 0.5) is 0 Å². The molecule has 1 fully saturated rings. The molecule has 0 aliphatic carbocycles. The Hall–Kier alpha value is -2.87. The van der Waals surface area contributed by atoms with Crippen molar-refractivity contribution < 1.29 is 13.2 Å². The van der Waals surface area contributed by atoms with Crippen molar-refractivity contribution in [2.24, 2.45) is 7.05 Å². The average Bonchev–Trinajstić information content (AvgIpc) is 3.40. The normalized spacial score (nSPS) is 15.7. The van der Waals surface area contributed by atoms with Crippen molar-refractivity contribution in [3.63, 3.8) is 0 Å². The van der Waals surface area contributed by atoms with Gasteiger partial charge < -0.3 is 14.0 Å². The van der Waals surface area contributed by atoms with Gasteiger partial charge >= 0.3 is 0 Å². The van der Waals surface area contributed by atoms with Gasteiger partial charge in [0.25, 0.3) is 5.91 Å². The Morgan fingerprint density at radius 1 is 1.04 bits per heavy atom. The molecule has 28 heavy (non-hydrogen) atoms. The summed E-state index contributed by atoms with van der Waals surface area (Å²) in [6.07, 6.45) is 7.85. The van der Waals surface area contributed by atoms with Gasteiger partial charge in [0.2, 0.25) is 15.0 Å². The van der Waals surface area contributed by atoms with Crippen molar-refractivity contribution in [3.05, 3.63) is 66.7 Å². The molecule has 0 unspecified atom stereocenters. The fourth-order valence-corrected chi connectivity index (χ4v) is 5.41. The molecule has 1 saturated heterocycles. The number of carbonyl (C=O) groups is 1. The zero-order chi connectivity index (χ0) is 19.7. The van der Waals surface area contributed by atoms with Gasteiger partial charge in [0, 0.05) is 56.2 Å². The Kier molecular flexibility index (Phi) is 4.80. The van der Waals surface area contributed by atoms with Gasteiger partial charge in [-0.2, -0.15) is 0 Å². The van der Waals surface area contributed by atoms with Crippen molar-refractivity contribution in [1.29, 1.82) is 0 Å². The number of piperidine rings is 1. The average molecular weight is 398 g/mol. The first-order valence-corrected chi connectivity index (χ1v) is 10.8. The first kappa shape index (κ1) is 18.5. The number of aryl methyl sites for hydroxylation is 1. The highest BCUT2D eigenvalue weighted by molar-refractivity contribution is 7.91. The molecule has 0 saturated carbocycles. The van der Waals surface area contributed by atoms with Gasteiger partial charge in [-0.1, -0.05) is 0 Å². The van der Waals surface area contributed by atoms with Gasteiger partial charge in [0.1, 0.15) is 0 Å². The second-order valence-electron chi connectivity index (χ2n) is 6.99. The van der Waals surface area contributed by atoms with Crippen LogP contribution in [-0.2, 0) is 16.9 Å². The Balaban J connectivity index is 1.42. The topological polar surface area (TPSA) is 77.2 Å². The molecule has 146 valence electrons. The summed E-state index contributed by atoms with van der Waals surface area (Å²) in [6.45, 7) is 0.846. The largest absolute Gasteiger partial charge is 0.339 e. The van der Waals surface area contributed by atoms with Crippen molar-refractivity contribution in [2.45, 2.75) is 23.2 Å². The van der Waals surface area contributed by atoms with Gasteiger partial charge in [-0.3, -0.25) is 4.79 Å². The van der Waals surface area contributed by atoms with Crippen LogP contribution in [-0.4, -0.2) is 51.7 Å². The van der Waals surface area contributed by atoms with Gasteiger partial charge in [-0.15, -0.1) is 0 Å². The number of hydrogen-bond donors (Lipinski definition) is 0. The molecule has 4 rings (SSSR count). The molecule has 0 N–H and O–H groups in total. The van der Waals surface area contributed by atoms with E-state index in [4.69, 9.17) is 0 Å². The van der Waals surface area contributed by atoms with E-state index in [1.54, 1.807) is 18.1 Å². The molecule has 2 aromatic heterocycles. The number of sulfone groups is 1. The maximum atomic E-state index is 12.8. The van der Waals surface area contributed by atoms with E-state index in [1.165, 1.54) is 10.8 Å². The molecule has 1 aromatic carbocycles. The zero-order valence-electron chi connectivity index (χ0n) is 15.6. The molecule has 0 bridgehead atoms. The Morgan fingerprint density at radius 3 is 2.25 bits per heavy atom. The van der Waals surface area contributed by atoms with Crippen LogP contribution in [0.25, 0.3) is 5.69 Å². The zero-order valence-corrected chi connectivity index (χ0v) is 16.4. The molecule has 1 aliphatic heterocycles. The lowest BCUT2D eigenvalue weighted by Gasteiger charge is -2.31. The number of benzene rings is 1. The molecular formula is C20H22N4O3S. The lowest BCUT2D eigenvalue weighted by Crippen LogP contribution is -2.42. The number of amides is 1. The number of nitrogens with zero attached hydrogens (tertiary/aromatic N) is 4. The minimum Gasteiger partial charge on any atom is -0.339 e. The van der Waals surface area contributed by atoms with Crippen molar-refractivity contribution in [1.82, 2.24) is 19.0 Å². The minimum atomic E-state index is -3.48. The lowest BCUT2D eigenvalue weighted by atomic mass is 10.1. The van der Waals surface area contributed by atoms with E-state index in [0.717, 1.165) is 5.69 Å². The summed E-state index contributed by atoms with van der Waals surface area (Å²) >= 11 is 0. The summed E-state index contributed by atoms with van der Waals surface area (Å²) < 4.78 is 29.1. The quantitative estimate of drug-likeness (QED) is 0.676. The first-order valence-electron chi connectivity index (χ1n) is 9.21. The SMILES string of the molecule is Cn1ccnc1S(=O)(=O)C1CCN(C(=O)c2ccc(-n3cccc3)cc2)CC1. The number of aromatic nitrogens is 3. The number of imidazole rings is 1. The van der Waals surface area contributed by atoms with Crippen LogP contribution in [0.15, 0.2) is 66.3 Å². The summed E-state index contributed by atoms with van der Waals surface area (Å²) in [6, 6.07) is 11.3. The van der Waals surface area contributed by atoms with E-state index >= 15 is 0 Å². The molecule has 1 aliphatic rings. The number of carbonyl (C=O) groups excluding carboxylic acids is 1. The van der Waals surface area contributed by atoms with Crippen LogP contribution in [0.3, 0.4) is 0 Å². The maximum Gasteiger partial charge on any atom is 0.253 e. The van der Waals surface area contributed by atoms with Gasteiger partial charge in [0.05, 0.1) is 5.25 Å². The summed E-state index contributed by atoms with van der Waals surface area (Å²) in [7, 11) is -1.81. The predicted octanol–water partition coefficient (Wildman–Crippen LogP) is 2.29. The Labute approximate surface area is 164 Å². The fourth-order valence-electron chi connectivity index (χ4n) is 3.61. The van der Waals surface area contributed by atoms with E-state index in [2.05, 4.69) is 4.98 Å². The molecular weight excluding hydrogens is 376 g/mol. The smallest absolute Gasteiger partial charge is 0.253 e. The third-order valence-electron chi connectivity index (χ3n) is 5.22. The van der Waals surface area contributed by atoms with Gasteiger partial charge in [-0.05, 0) is 49.2 Å². The standard InChI is InChI=1S/C20H22N4O3S/c1-22-15-10-21-20(22)28(26,27)18-8-13-24(14-9-18)19(25)16-4-6-17(7-5-16)23-11-2-3-12-23/h2-7,10-12,15,18H,8-9,13-14H2,1H3. The highest BCUT2D eigenvalue weighted by atomic mass is 32.2. The Bertz CT molecular complexity index is 1060. The Morgan fingerprint density at radius 2 is 1.68 bits per heavy atom. The third kappa shape index (κ3) is 3.35. The predicted molar refractivity (Wildman–Crippen MR) is 105 cm³/mol. The molecule has 0 atom stereocenters. The minimum absolute atomic E-state index is 0.0631. The molecule has 3 heterocycles.